The number of esters is 1. The molecular weight excluding hydrogens is 482 g/mol. The van der Waals surface area contributed by atoms with Crippen LogP contribution in [0.3, 0.4) is 0 Å². The van der Waals surface area contributed by atoms with Crippen LogP contribution in [0, 0.1) is 0 Å². The summed E-state index contributed by atoms with van der Waals surface area (Å²) in [4.78, 5) is 46.4. The standard InChI is InChI=1S/C14H17NO3.C9H7BrO4/c1-4-6-15(3)13(16)11-7-10(5-2)8-12(9-11)14(17)18;1-14-9(13)6-2-5(8(11)12)3-7(10)4-6/h5,7-9H,2,4,6H2,1,3H3,(H,17,18);2-4H,1H3,(H,11,12). The number of aromatic carboxylic acids is 2. The maximum absolute atomic E-state index is 12.1. The summed E-state index contributed by atoms with van der Waals surface area (Å²) in [6.45, 7) is 6.21. The number of carboxylic acid groups (broad SMARTS) is 2. The van der Waals surface area contributed by atoms with E-state index in [9.17, 15) is 19.2 Å². The van der Waals surface area contributed by atoms with Crippen LogP contribution in [0.2, 0.25) is 0 Å². The zero-order chi connectivity index (χ0) is 24.4. The van der Waals surface area contributed by atoms with Crippen LogP contribution in [0.4, 0.5) is 0 Å². The molecule has 2 aromatic rings. The highest BCUT2D eigenvalue weighted by Gasteiger charge is 2.14. The van der Waals surface area contributed by atoms with Crippen LogP contribution in [0.1, 0.15) is 60.3 Å². The third-order valence-electron chi connectivity index (χ3n) is 4.16. The second-order valence-corrected chi connectivity index (χ2v) is 7.52. The minimum absolute atomic E-state index is 0.0415. The van der Waals surface area contributed by atoms with Gasteiger partial charge in [-0.25, -0.2) is 14.4 Å². The Bertz CT molecular complexity index is 1030. The number of amides is 1. The molecule has 1 amide bonds. The fraction of sp³-hybridized carbons (Fsp3) is 0.217. The Kier molecular flexibility index (Phi) is 10.3. The van der Waals surface area contributed by atoms with E-state index in [-0.39, 0.29) is 22.6 Å². The molecule has 0 aromatic heterocycles. The van der Waals surface area contributed by atoms with Crippen LogP contribution in [-0.2, 0) is 4.74 Å². The SMILES string of the molecule is C=Cc1cc(C(=O)O)cc(C(=O)N(C)CCC)c1.COC(=O)c1cc(Br)cc(C(=O)O)c1. The molecule has 0 bridgehead atoms. The highest BCUT2D eigenvalue weighted by molar-refractivity contribution is 9.10. The summed E-state index contributed by atoms with van der Waals surface area (Å²) in [6.07, 6.45) is 2.39. The molecular formula is C23H24BrNO7. The van der Waals surface area contributed by atoms with Crippen molar-refractivity contribution < 1.29 is 34.1 Å². The van der Waals surface area contributed by atoms with Gasteiger partial charge in [0.1, 0.15) is 0 Å². The van der Waals surface area contributed by atoms with Crippen LogP contribution >= 0.6 is 15.9 Å². The van der Waals surface area contributed by atoms with E-state index in [0.29, 0.717) is 22.1 Å². The van der Waals surface area contributed by atoms with Gasteiger partial charge >= 0.3 is 17.9 Å². The van der Waals surface area contributed by atoms with Gasteiger partial charge in [-0.05, 0) is 48.4 Å². The molecule has 0 saturated heterocycles. The van der Waals surface area contributed by atoms with Crippen molar-refractivity contribution in [2.75, 3.05) is 20.7 Å². The molecule has 2 rings (SSSR count). The van der Waals surface area contributed by atoms with Crippen molar-refractivity contribution in [3.05, 3.63) is 75.3 Å². The molecule has 0 heterocycles. The summed E-state index contributed by atoms with van der Waals surface area (Å²) in [5, 5.41) is 17.7. The monoisotopic (exact) mass is 505 g/mol. The second kappa shape index (κ2) is 12.4. The first-order valence-corrected chi connectivity index (χ1v) is 10.2. The third-order valence-corrected chi connectivity index (χ3v) is 4.61. The summed E-state index contributed by atoms with van der Waals surface area (Å²) in [6, 6.07) is 8.70. The second-order valence-electron chi connectivity index (χ2n) is 6.60. The number of ether oxygens (including phenoxy) is 1. The quantitative estimate of drug-likeness (QED) is 0.533. The fourth-order valence-corrected chi connectivity index (χ4v) is 3.12. The van der Waals surface area contributed by atoms with Crippen molar-refractivity contribution in [2.24, 2.45) is 0 Å². The Morgan fingerprint density at radius 2 is 1.47 bits per heavy atom. The average Bonchev–Trinajstić information content (AvgIpc) is 2.77. The van der Waals surface area contributed by atoms with E-state index < -0.39 is 17.9 Å². The lowest BCUT2D eigenvalue weighted by Gasteiger charge is -2.16. The number of halogens is 1. The highest BCUT2D eigenvalue weighted by Crippen LogP contribution is 2.17. The number of nitrogens with zero attached hydrogens (tertiary/aromatic N) is 1. The van der Waals surface area contributed by atoms with Gasteiger partial charge in [0.05, 0.1) is 23.8 Å². The molecule has 170 valence electrons. The Morgan fingerprint density at radius 1 is 0.969 bits per heavy atom. The Labute approximate surface area is 194 Å². The Hall–Kier alpha value is -3.46. The summed E-state index contributed by atoms with van der Waals surface area (Å²) < 4.78 is 5.00. The first kappa shape index (κ1) is 26.6. The number of hydrogen-bond donors (Lipinski definition) is 2. The molecule has 0 fully saturated rings. The van der Waals surface area contributed by atoms with Crippen LogP contribution < -0.4 is 0 Å². The summed E-state index contributed by atoms with van der Waals surface area (Å²) in [5.41, 5.74) is 1.35. The molecule has 0 unspecified atom stereocenters. The molecule has 0 aliphatic heterocycles. The summed E-state index contributed by atoms with van der Waals surface area (Å²) >= 11 is 3.11. The zero-order valence-corrected chi connectivity index (χ0v) is 19.5. The first-order valence-electron chi connectivity index (χ1n) is 9.42. The van der Waals surface area contributed by atoms with Gasteiger partial charge in [0.25, 0.3) is 5.91 Å². The lowest BCUT2D eigenvalue weighted by molar-refractivity contribution is 0.0599. The molecule has 0 saturated carbocycles. The molecule has 0 aliphatic carbocycles. The Balaban J connectivity index is 0.000000330. The highest BCUT2D eigenvalue weighted by atomic mass is 79.9. The van der Waals surface area contributed by atoms with Crippen molar-refractivity contribution in [2.45, 2.75) is 13.3 Å². The van der Waals surface area contributed by atoms with Crippen molar-refractivity contribution >= 4 is 45.8 Å². The van der Waals surface area contributed by atoms with Gasteiger partial charge in [-0.1, -0.05) is 35.5 Å². The van der Waals surface area contributed by atoms with Gasteiger partial charge in [0.15, 0.2) is 0 Å². The van der Waals surface area contributed by atoms with E-state index in [1.165, 1.54) is 43.5 Å². The largest absolute Gasteiger partial charge is 0.478 e. The number of methoxy groups -OCH3 is 1. The van der Waals surface area contributed by atoms with Gasteiger partial charge in [-0.3, -0.25) is 4.79 Å². The molecule has 8 nitrogen and oxygen atoms in total. The van der Waals surface area contributed by atoms with E-state index in [4.69, 9.17) is 10.2 Å². The molecule has 32 heavy (non-hydrogen) atoms. The van der Waals surface area contributed by atoms with Crippen LogP contribution in [-0.4, -0.2) is 59.6 Å². The fourth-order valence-electron chi connectivity index (χ4n) is 2.62. The van der Waals surface area contributed by atoms with Crippen LogP contribution in [0.5, 0.6) is 0 Å². The van der Waals surface area contributed by atoms with Crippen molar-refractivity contribution in [3.63, 3.8) is 0 Å². The minimum atomic E-state index is -1.09. The predicted octanol–water partition coefficient (Wildman–Crippen LogP) is 4.44. The van der Waals surface area contributed by atoms with Gasteiger partial charge in [0, 0.05) is 23.6 Å². The predicted molar refractivity (Wildman–Crippen MR) is 123 cm³/mol. The molecule has 0 radical (unpaired) electrons. The van der Waals surface area contributed by atoms with Gasteiger partial charge in [0.2, 0.25) is 0 Å². The topological polar surface area (TPSA) is 121 Å². The van der Waals surface area contributed by atoms with Crippen molar-refractivity contribution in [3.8, 4) is 0 Å². The molecule has 9 heteroatoms. The van der Waals surface area contributed by atoms with Crippen molar-refractivity contribution in [1.29, 1.82) is 0 Å². The number of carbonyl (C=O) groups excluding carboxylic acids is 2. The maximum atomic E-state index is 12.1. The number of benzene rings is 2. The number of carbonyl (C=O) groups is 4. The molecule has 0 spiro atoms. The van der Waals surface area contributed by atoms with Gasteiger partial charge < -0.3 is 19.8 Å². The summed E-state index contributed by atoms with van der Waals surface area (Å²) in [7, 11) is 2.94. The first-order chi connectivity index (χ1) is 15.0. The van der Waals surface area contributed by atoms with Gasteiger partial charge in [-0.2, -0.15) is 0 Å². The number of carboxylic acids is 2. The third kappa shape index (κ3) is 7.66. The molecule has 0 aliphatic rings. The lowest BCUT2D eigenvalue weighted by atomic mass is 10.0. The van der Waals surface area contributed by atoms with E-state index in [1.54, 1.807) is 18.0 Å². The van der Waals surface area contributed by atoms with Gasteiger partial charge in [-0.15, -0.1) is 0 Å². The van der Waals surface area contributed by atoms with E-state index in [1.807, 2.05) is 6.92 Å². The molecule has 2 aromatic carbocycles. The molecule has 0 atom stereocenters. The number of rotatable bonds is 7. The van der Waals surface area contributed by atoms with Crippen LogP contribution in [0.25, 0.3) is 6.08 Å². The van der Waals surface area contributed by atoms with Crippen molar-refractivity contribution in [1.82, 2.24) is 4.90 Å². The minimum Gasteiger partial charge on any atom is -0.478 e. The number of hydrogen-bond acceptors (Lipinski definition) is 5. The maximum Gasteiger partial charge on any atom is 0.337 e. The van der Waals surface area contributed by atoms with Crippen LogP contribution in [0.15, 0.2) is 47.4 Å². The van der Waals surface area contributed by atoms with E-state index in [0.717, 1.165) is 6.42 Å². The summed E-state index contributed by atoms with van der Waals surface area (Å²) in [5.74, 6) is -2.88. The smallest absolute Gasteiger partial charge is 0.337 e. The molecule has 2 N–H and O–H groups in total. The van der Waals surface area contributed by atoms with E-state index >= 15 is 0 Å². The normalized spacial score (nSPS) is 9.75. The van der Waals surface area contributed by atoms with E-state index in [2.05, 4.69) is 27.2 Å². The lowest BCUT2D eigenvalue weighted by Crippen LogP contribution is -2.27. The Morgan fingerprint density at radius 3 is 1.97 bits per heavy atom. The zero-order valence-electron chi connectivity index (χ0n) is 17.9. The average molecular weight is 506 g/mol.